The Hall–Kier alpha value is -1.05. The Kier molecular flexibility index (Phi) is 7.10. The molecule has 0 bridgehead atoms. The van der Waals surface area contributed by atoms with Crippen molar-refractivity contribution in [2.45, 2.75) is 44.3 Å². The van der Waals surface area contributed by atoms with Gasteiger partial charge in [0.15, 0.2) is 0 Å². The SMILES string of the molecule is Cc1ccc(C)c(S(=O)(=O)NCCNC(=O)CSC(C)(C)C)c1. The van der Waals surface area contributed by atoms with Crippen LogP contribution in [0.25, 0.3) is 0 Å². The molecule has 0 saturated heterocycles. The molecule has 0 aliphatic carbocycles. The predicted octanol–water partition coefficient (Wildman–Crippen LogP) is 2.23. The molecule has 0 unspecified atom stereocenters. The average Bonchev–Trinajstić information content (AvgIpc) is 2.43. The number of carbonyl (C=O) groups is 1. The van der Waals surface area contributed by atoms with E-state index in [0.29, 0.717) is 11.3 Å². The summed E-state index contributed by atoms with van der Waals surface area (Å²) in [5.74, 6) is 0.281. The molecule has 0 spiro atoms. The van der Waals surface area contributed by atoms with Crippen LogP contribution in [0.1, 0.15) is 31.9 Å². The number of carbonyl (C=O) groups excluding carboxylic acids is 1. The summed E-state index contributed by atoms with van der Waals surface area (Å²) < 4.78 is 27.1. The van der Waals surface area contributed by atoms with Gasteiger partial charge in [-0.05, 0) is 31.0 Å². The highest BCUT2D eigenvalue weighted by molar-refractivity contribution is 8.01. The van der Waals surface area contributed by atoms with Gasteiger partial charge in [0.05, 0.1) is 10.6 Å². The van der Waals surface area contributed by atoms with E-state index < -0.39 is 10.0 Å². The van der Waals surface area contributed by atoms with Crippen molar-refractivity contribution in [1.29, 1.82) is 0 Å². The fourth-order valence-corrected chi connectivity index (χ4v) is 3.82. The first-order valence-corrected chi connectivity index (χ1v) is 9.96. The van der Waals surface area contributed by atoms with Crippen LogP contribution in [0.3, 0.4) is 0 Å². The summed E-state index contributed by atoms with van der Waals surface area (Å²) in [6.45, 7) is 10.2. The van der Waals surface area contributed by atoms with Crippen LogP contribution < -0.4 is 10.0 Å². The summed E-state index contributed by atoms with van der Waals surface area (Å²) in [5, 5.41) is 2.72. The molecule has 5 nitrogen and oxygen atoms in total. The number of rotatable bonds is 7. The molecule has 7 heteroatoms. The zero-order valence-corrected chi connectivity index (χ0v) is 16.0. The van der Waals surface area contributed by atoms with Gasteiger partial charge in [0.2, 0.25) is 15.9 Å². The van der Waals surface area contributed by atoms with Crippen molar-refractivity contribution in [2.75, 3.05) is 18.8 Å². The normalized spacial score (nSPS) is 12.2. The van der Waals surface area contributed by atoms with Crippen LogP contribution in [0.4, 0.5) is 0 Å². The highest BCUT2D eigenvalue weighted by Gasteiger charge is 2.17. The standard InChI is InChI=1S/C16H26N2O3S2/c1-12-6-7-13(2)14(10-12)23(20,21)18-9-8-17-15(19)11-22-16(3,4)5/h6-7,10,18H,8-9,11H2,1-5H3,(H,17,19). The van der Waals surface area contributed by atoms with Crippen molar-refractivity contribution >= 4 is 27.7 Å². The van der Waals surface area contributed by atoms with Gasteiger partial charge in [0.25, 0.3) is 0 Å². The van der Waals surface area contributed by atoms with E-state index in [1.807, 2.05) is 33.8 Å². The Bertz CT molecular complexity index is 650. The molecule has 1 amide bonds. The summed E-state index contributed by atoms with van der Waals surface area (Å²) in [7, 11) is -3.55. The van der Waals surface area contributed by atoms with Gasteiger partial charge in [0.1, 0.15) is 0 Å². The quantitative estimate of drug-likeness (QED) is 0.733. The number of amides is 1. The van der Waals surface area contributed by atoms with Gasteiger partial charge in [-0.15, -0.1) is 11.8 Å². The monoisotopic (exact) mass is 358 g/mol. The lowest BCUT2D eigenvalue weighted by molar-refractivity contribution is -0.118. The smallest absolute Gasteiger partial charge is 0.240 e. The van der Waals surface area contributed by atoms with Gasteiger partial charge >= 0.3 is 0 Å². The third kappa shape index (κ3) is 7.37. The predicted molar refractivity (Wildman–Crippen MR) is 96.3 cm³/mol. The van der Waals surface area contributed by atoms with E-state index in [9.17, 15) is 13.2 Å². The lowest BCUT2D eigenvalue weighted by Gasteiger charge is -2.17. The van der Waals surface area contributed by atoms with E-state index in [1.54, 1.807) is 30.8 Å². The Balaban J connectivity index is 2.46. The number of benzene rings is 1. The third-order valence-electron chi connectivity index (χ3n) is 3.01. The number of nitrogens with one attached hydrogen (secondary N) is 2. The van der Waals surface area contributed by atoms with Crippen LogP contribution in [0.2, 0.25) is 0 Å². The zero-order chi connectivity index (χ0) is 17.7. The molecule has 1 aromatic rings. The summed E-state index contributed by atoms with van der Waals surface area (Å²) in [5.41, 5.74) is 1.59. The average molecular weight is 359 g/mol. The van der Waals surface area contributed by atoms with Crippen molar-refractivity contribution in [3.63, 3.8) is 0 Å². The van der Waals surface area contributed by atoms with Crippen molar-refractivity contribution in [1.82, 2.24) is 10.0 Å². The van der Waals surface area contributed by atoms with Crippen LogP contribution >= 0.6 is 11.8 Å². The van der Waals surface area contributed by atoms with E-state index >= 15 is 0 Å². The molecule has 0 saturated carbocycles. The van der Waals surface area contributed by atoms with Gasteiger partial charge in [-0.1, -0.05) is 32.9 Å². The Morgan fingerprint density at radius 1 is 1.17 bits per heavy atom. The molecule has 0 heterocycles. The Labute approximate surface area is 143 Å². The van der Waals surface area contributed by atoms with Crippen molar-refractivity contribution in [3.05, 3.63) is 29.3 Å². The van der Waals surface area contributed by atoms with Crippen molar-refractivity contribution in [2.24, 2.45) is 0 Å². The van der Waals surface area contributed by atoms with Crippen molar-refractivity contribution in [3.8, 4) is 0 Å². The molecule has 0 atom stereocenters. The van der Waals surface area contributed by atoms with E-state index in [-0.39, 0.29) is 28.6 Å². The molecule has 0 radical (unpaired) electrons. The molecule has 0 aliphatic rings. The van der Waals surface area contributed by atoms with Gasteiger partial charge in [-0.25, -0.2) is 13.1 Å². The molecule has 0 aliphatic heterocycles. The second-order valence-electron chi connectivity index (χ2n) is 6.42. The highest BCUT2D eigenvalue weighted by atomic mass is 32.2. The summed E-state index contributed by atoms with van der Waals surface area (Å²) in [6, 6.07) is 5.31. The molecule has 0 fully saturated rings. The fourth-order valence-electron chi connectivity index (χ4n) is 1.79. The summed E-state index contributed by atoms with van der Waals surface area (Å²) in [6.07, 6.45) is 0. The molecule has 130 valence electrons. The van der Waals surface area contributed by atoms with E-state index in [2.05, 4.69) is 10.0 Å². The molecule has 0 aromatic heterocycles. The van der Waals surface area contributed by atoms with Gasteiger partial charge in [-0.3, -0.25) is 4.79 Å². The first-order chi connectivity index (χ1) is 10.5. The molecule has 2 N–H and O–H groups in total. The number of hydrogen-bond acceptors (Lipinski definition) is 4. The minimum absolute atomic E-state index is 0.0294. The van der Waals surface area contributed by atoms with Crippen LogP contribution in [-0.2, 0) is 14.8 Å². The molecule has 1 aromatic carbocycles. The maximum Gasteiger partial charge on any atom is 0.240 e. The lowest BCUT2D eigenvalue weighted by Crippen LogP contribution is -2.36. The maximum atomic E-state index is 12.3. The summed E-state index contributed by atoms with van der Waals surface area (Å²) in [4.78, 5) is 12.0. The van der Waals surface area contributed by atoms with Crippen LogP contribution in [0, 0.1) is 13.8 Å². The summed E-state index contributed by atoms with van der Waals surface area (Å²) >= 11 is 1.55. The van der Waals surface area contributed by atoms with Crippen LogP contribution in [0.15, 0.2) is 23.1 Å². The zero-order valence-electron chi connectivity index (χ0n) is 14.4. The molecule has 1 rings (SSSR count). The van der Waals surface area contributed by atoms with Crippen molar-refractivity contribution < 1.29 is 13.2 Å². The molecular weight excluding hydrogens is 332 g/mol. The highest BCUT2D eigenvalue weighted by Crippen LogP contribution is 2.22. The van der Waals surface area contributed by atoms with Gasteiger partial charge in [0, 0.05) is 17.8 Å². The first-order valence-electron chi connectivity index (χ1n) is 7.49. The minimum atomic E-state index is -3.55. The topological polar surface area (TPSA) is 75.3 Å². The van der Waals surface area contributed by atoms with Gasteiger partial charge < -0.3 is 5.32 Å². The minimum Gasteiger partial charge on any atom is -0.354 e. The molecular formula is C16H26N2O3S2. The largest absolute Gasteiger partial charge is 0.354 e. The number of aryl methyl sites for hydroxylation is 2. The lowest BCUT2D eigenvalue weighted by atomic mass is 10.2. The second-order valence-corrected chi connectivity index (χ2v) is 9.96. The maximum absolute atomic E-state index is 12.3. The number of thioether (sulfide) groups is 1. The van der Waals surface area contributed by atoms with E-state index in [1.165, 1.54) is 0 Å². The first kappa shape index (κ1) is 20.0. The number of hydrogen-bond donors (Lipinski definition) is 2. The third-order valence-corrected chi connectivity index (χ3v) is 5.88. The molecule has 23 heavy (non-hydrogen) atoms. The van der Waals surface area contributed by atoms with Crippen LogP contribution in [-0.4, -0.2) is 37.9 Å². The Morgan fingerprint density at radius 3 is 2.43 bits per heavy atom. The fraction of sp³-hybridized carbons (Fsp3) is 0.562. The number of sulfonamides is 1. The van der Waals surface area contributed by atoms with E-state index in [4.69, 9.17) is 0 Å². The van der Waals surface area contributed by atoms with Crippen LogP contribution in [0.5, 0.6) is 0 Å². The Morgan fingerprint density at radius 2 is 1.83 bits per heavy atom. The van der Waals surface area contributed by atoms with E-state index in [0.717, 1.165) is 5.56 Å². The van der Waals surface area contributed by atoms with Gasteiger partial charge in [-0.2, -0.15) is 0 Å². The second kappa shape index (κ2) is 8.17.